The number of nitrogens with one attached hydrogen (secondary N) is 1. The van der Waals surface area contributed by atoms with Crippen molar-refractivity contribution < 1.29 is 19.4 Å². The lowest BCUT2D eigenvalue weighted by Crippen LogP contribution is -2.45. The number of methoxy groups -OCH3 is 2. The van der Waals surface area contributed by atoms with Crippen LogP contribution in [-0.4, -0.2) is 30.9 Å². The number of hydrogen-bond donors (Lipinski definition) is 2. The minimum atomic E-state index is -0.728. The van der Waals surface area contributed by atoms with Crippen molar-refractivity contribution in [3.8, 4) is 11.5 Å². The van der Waals surface area contributed by atoms with E-state index in [1.807, 2.05) is 49.4 Å². The molecular formula is C33H33ClN2O4. The molecule has 0 fully saturated rings. The molecule has 0 saturated carbocycles. The zero-order valence-corrected chi connectivity index (χ0v) is 24.1. The van der Waals surface area contributed by atoms with Crippen LogP contribution in [0.15, 0.2) is 83.6 Å². The number of carbonyl (C=O) groups excluding carboxylic acids is 1. The molecule has 40 heavy (non-hydrogen) atoms. The highest BCUT2D eigenvalue weighted by Crippen LogP contribution is 2.53. The van der Waals surface area contributed by atoms with Crippen molar-refractivity contribution in [3.05, 3.63) is 105 Å². The number of amidine groups is 1. The highest BCUT2D eigenvalue weighted by atomic mass is 35.5. The molecule has 0 amide bonds. The van der Waals surface area contributed by atoms with Gasteiger partial charge in [0.05, 0.1) is 19.9 Å². The van der Waals surface area contributed by atoms with Crippen molar-refractivity contribution >= 4 is 34.7 Å². The fourth-order valence-corrected chi connectivity index (χ4v) is 5.98. The SMILES string of the molecule is COc1ccc(OC)c(N2C(=N)/C(=C(/O)c3ccc(C)cc3)C(c3ccccc3Cl)C3=C2CC(C)(C)CC3=O)c1. The van der Waals surface area contributed by atoms with Crippen molar-refractivity contribution in [1.82, 2.24) is 0 Å². The van der Waals surface area contributed by atoms with Gasteiger partial charge in [-0.2, -0.15) is 0 Å². The second-order valence-corrected chi connectivity index (χ2v) is 11.5. The van der Waals surface area contributed by atoms with Gasteiger partial charge in [0, 0.05) is 45.8 Å². The van der Waals surface area contributed by atoms with Crippen LogP contribution in [0.25, 0.3) is 5.76 Å². The predicted octanol–water partition coefficient (Wildman–Crippen LogP) is 7.86. The Labute approximate surface area is 240 Å². The summed E-state index contributed by atoms with van der Waals surface area (Å²) in [5.41, 5.74) is 4.00. The Bertz CT molecular complexity index is 1570. The van der Waals surface area contributed by atoms with Crippen LogP contribution in [0, 0.1) is 17.7 Å². The maximum absolute atomic E-state index is 14.1. The minimum absolute atomic E-state index is 0.0373. The zero-order valence-electron chi connectivity index (χ0n) is 23.3. The Morgan fingerprint density at radius 1 is 1.02 bits per heavy atom. The number of aliphatic hydroxyl groups is 1. The van der Waals surface area contributed by atoms with Crippen LogP contribution < -0.4 is 14.4 Å². The van der Waals surface area contributed by atoms with E-state index in [2.05, 4.69) is 13.8 Å². The highest BCUT2D eigenvalue weighted by molar-refractivity contribution is 6.32. The topological polar surface area (TPSA) is 82.8 Å². The molecule has 0 aromatic heterocycles. The summed E-state index contributed by atoms with van der Waals surface area (Å²) in [5, 5.41) is 22.0. The van der Waals surface area contributed by atoms with E-state index in [1.54, 1.807) is 43.4 Å². The van der Waals surface area contributed by atoms with Gasteiger partial charge in [0.15, 0.2) is 5.78 Å². The van der Waals surface area contributed by atoms with Crippen LogP contribution in [0.4, 0.5) is 5.69 Å². The number of carbonyl (C=O) groups is 1. The fraction of sp³-hybridized carbons (Fsp3) is 0.273. The molecule has 1 unspecified atom stereocenters. The summed E-state index contributed by atoms with van der Waals surface area (Å²) in [5.74, 6) is 0.288. The third kappa shape index (κ3) is 4.77. The molecule has 0 spiro atoms. The first-order valence-corrected chi connectivity index (χ1v) is 13.6. The lowest BCUT2D eigenvalue weighted by atomic mass is 9.67. The number of ketones is 1. The van der Waals surface area contributed by atoms with Gasteiger partial charge in [-0.25, -0.2) is 0 Å². The Morgan fingerprint density at radius 3 is 2.38 bits per heavy atom. The monoisotopic (exact) mass is 556 g/mol. The number of allylic oxidation sites excluding steroid dienone is 2. The molecule has 1 aliphatic heterocycles. The lowest BCUT2D eigenvalue weighted by Gasteiger charge is -2.45. The van der Waals surface area contributed by atoms with Gasteiger partial charge in [0.1, 0.15) is 23.1 Å². The summed E-state index contributed by atoms with van der Waals surface area (Å²) in [6.07, 6.45) is 0.873. The quantitative estimate of drug-likeness (QED) is 0.312. The third-order valence-corrected chi connectivity index (χ3v) is 7.99. The molecule has 3 aromatic rings. The Hall–Kier alpha value is -4.03. The first kappa shape index (κ1) is 27.5. The summed E-state index contributed by atoms with van der Waals surface area (Å²) in [6, 6.07) is 20.1. The number of rotatable bonds is 5. The molecule has 0 saturated heterocycles. The van der Waals surface area contributed by atoms with Gasteiger partial charge in [-0.1, -0.05) is 73.5 Å². The van der Waals surface area contributed by atoms with E-state index in [4.69, 9.17) is 21.1 Å². The molecule has 1 atom stereocenters. The van der Waals surface area contributed by atoms with Crippen LogP contribution >= 0.6 is 11.6 Å². The average Bonchev–Trinajstić information content (AvgIpc) is 2.92. The van der Waals surface area contributed by atoms with Crippen LogP contribution in [0.3, 0.4) is 0 Å². The Kier molecular flexibility index (Phi) is 7.23. The molecule has 5 rings (SSSR count). The number of benzene rings is 3. The van der Waals surface area contributed by atoms with E-state index in [1.165, 1.54) is 0 Å². The second kappa shape index (κ2) is 10.5. The van der Waals surface area contributed by atoms with Crippen LogP contribution in [0.2, 0.25) is 5.02 Å². The first-order valence-electron chi connectivity index (χ1n) is 13.2. The fourth-order valence-electron chi connectivity index (χ4n) is 5.74. The van der Waals surface area contributed by atoms with Gasteiger partial charge in [0.2, 0.25) is 0 Å². The number of aliphatic hydroxyl groups excluding tert-OH is 1. The molecule has 206 valence electrons. The highest BCUT2D eigenvalue weighted by Gasteiger charge is 2.47. The van der Waals surface area contributed by atoms with Crippen LogP contribution in [-0.2, 0) is 4.79 Å². The van der Waals surface area contributed by atoms with E-state index >= 15 is 0 Å². The minimum Gasteiger partial charge on any atom is -0.507 e. The summed E-state index contributed by atoms with van der Waals surface area (Å²) >= 11 is 6.76. The molecule has 1 aliphatic carbocycles. The third-order valence-electron chi connectivity index (χ3n) is 7.65. The van der Waals surface area contributed by atoms with Crippen molar-refractivity contribution in [2.24, 2.45) is 5.41 Å². The smallest absolute Gasteiger partial charge is 0.162 e. The number of aryl methyl sites for hydroxylation is 1. The Morgan fingerprint density at radius 2 is 1.73 bits per heavy atom. The summed E-state index contributed by atoms with van der Waals surface area (Å²) in [4.78, 5) is 15.8. The summed E-state index contributed by atoms with van der Waals surface area (Å²) in [7, 11) is 3.14. The standard InChI is InChI=1S/C33H33ClN2O4/c1-19-10-12-20(13-11-19)31(38)30-28(22-8-6-7-9-23(22)34)29-25(17-33(2,3)18-26(29)37)36(32(30)35)24-16-21(39-4)14-15-27(24)40-5/h6-16,28,35,38H,17-18H2,1-5H3/b31-30+,35-32?. The molecule has 0 radical (unpaired) electrons. The number of ether oxygens (including phenoxy) is 2. The summed E-state index contributed by atoms with van der Waals surface area (Å²) in [6.45, 7) is 6.08. The van der Waals surface area contributed by atoms with E-state index < -0.39 is 5.92 Å². The molecule has 2 aliphatic rings. The molecular weight excluding hydrogens is 524 g/mol. The molecule has 2 N–H and O–H groups in total. The number of hydrogen-bond acceptors (Lipinski definition) is 5. The van der Waals surface area contributed by atoms with E-state index in [0.717, 1.165) is 5.56 Å². The maximum Gasteiger partial charge on any atom is 0.162 e. The van der Waals surface area contributed by atoms with Crippen molar-refractivity contribution in [2.75, 3.05) is 19.1 Å². The van der Waals surface area contributed by atoms with Gasteiger partial charge >= 0.3 is 0 Å². The predicted molar refractivity (Wildman–Crippen MR) is 160 cm³/mol. The van der Waals surface area contributed by atoms with Crippen molar-refractivity contribution in [2.45, 2.75) is 39.5 Å². The van der Waals surface area contributed by atoms with E-state index in [9.17, 15) is 15.3 Å². The lowest BCUT2D eigenvalue weighted by molar-refractivity contribution is -0.118. The van der Waals surface area contributed by atoms with E-state index in [-0.39, 0.29) is 22.8 Å². The first-order chi connectivity index (χ1) is 19.1. The van der Waals surface area contributed by atoms with Crippen LogP contribution in [0.1, 0.15) is 49.3 Å². The summed E-state index contributed by atoms with van der Waals surface area (Å²) < 4.78 is 11.3. The van der Waals surface area contributed by atoms with Gasteiger partial charge in [0.25, 0.3) is 0 Å². The zero-order chi connectivity index (χ0) is 28.8. The second-order valence-electron chi connectivity index (χ2n) is 11.1. The Balaban J connectivity index is 1.90. The largest absolute Gasteiger partial charge is 0.507 e. The number of nitrogens with zero attached hydrogens (tertiary/aromatic N) is 1. The van der Waals surface area contributed by atoms with Gasteiger partial charge in [-0.15, -0.1) is 0 Å². The maximum atomic E-state index is 14.1. The molecule has 6 nitrogen and oxygen atoms in total. The van der Waals surface area contributed by atoms with Gasteiger partial charge in [-0.05, 0) is 42.5 Å². The molecule has 7 heteroatoms. The van der Waals surface area contributed by atoms with Crippen molar-refractivity contribution in [1.29, 1.82) is 5.41 Å². The van der Waals surface area contributed by atoms with Gasteiger partial charge < -0.3 is 14.6 Å². The molecule has 3 aromatic carbocycles. The molecule has 1 heterocycles. The van der Waals surface area contributed by atoms with Gasteiger partial charge in [-0.3, -0.25) is 15.1 Å². The van der Waals surface area contributed by atoms with E-state index in [0.29, 0.717) is 63.0 Å². The van der Waals surface area contributed by atoms with Crippen molar-refractivity contribution in [3.63, 3.8) is 0 Å². The normalized spacial score (nSPS) is 19.9. The molecule has 0 bridgehead atoms. The number of anilines is 1. The number of Topliss-reactive ketones (excluding diaryl/α,β-unsaturated/α-hetero) is 1. The number of halogens is 1. The average molecular weight is 557 g/mol. The van der Waals surface area contributed by atoms with Crippen LogP contribution in [0.5, 0.6) is 11.5 Å².